The van der Waals surface area contributed by atoms with Gasteiger partial charge >= 0.3 is 5.97 Å². The van der Waals surface area contributed by atoms with Crippen molar-refractivity contribution in [3.8, 4) is 0 Å². The Bertz CT molecular complexity index is 645. The fraction of sp³-hybridized carbons (Fsp3) is 0.0909. The maximum absolute atomic E-state index is 11.6. The summed E-state index contributed by atoms with van der Waals surface area (Å²) in [6, 6.07) is 5.88. The minimum Gasteiger partial charge on any atom is -0.477 e. The molecule has 4 nitrogen and oxygen atoms in total. The summed E-state index contributed by atoms with van der Waals surface area (Å²) in [5.41, 5.74) is 0.138. The first kappa shape index (κ1) is 10.7. The second-order valence-electron chi connectivity index (χ2n) is 3.42. The standard InChI is InChI=1S/C11H8ClNO3/c1-13-8-4-6(12)2-3-7(8)10(14)5-9(13)11(15)16/h2-5H,1H3,(H,15,16). The van der Waals surface area contributed by atoms with Crippen molar-refractivity contribution in [1.82, 2.24) is 4.57 Å². The van der Waals surface area contributed by atoms with Crippen LogP contribution in [0.2, 0.25) is 5.02 Å². The van der Waals surface area contributed by atoms with Gasteiger partial charge in [0, 0.05) is 23.5 Å². The molecule has 0 saturated heterocycles. The monoisotopic (exact) mass is 237 g/mol. The summed E-state index contributed by atoms with van der Waals surface area (Å²) in [6.07, 6.45) is 0. The largest absolute Gasteiger partial charge is 0.477 e. The highest BCUT2D eigenvalue weighted by molar-refractivity contribution is 6.31. The van der Waals surface area contributed by atoms with E-state index >= 15 is 0 Å². The number of carboxylic acid groups (broad SMARTS) is 1. The van der Waals surface area contributed by atoms with Gasteiger partial charge in [0.15, 0.2) is 5.43 Å². The molecule has 0 fully saturated rings. The second kappa shape index (κ2) is 3.64. The minimum absolute atomic E-state index is 0.0558. The average Bonchev–Trinajstić information content (AvgIpc) is 2.22. The van der Waals surface area contributed by atoms with Gasteiger partial charge in [0.25, 0.3) is 0 Å². The van der Waals surface area contributed by atoms with E-state index in [-0.39, 0.29) is 11.1 Å². The van der Waals surface area contributed by atoms with Crippen molar-refractivity contribution in [2.45, 2.75) is 0 Å². The number of aryl methyl sites for hydroxylation is 1. The van der Waals surface area contributed by atoms with Crippen LogP contribution < -0.4 is 5.43 Å². The van der Waals surface area contributed by atoms with Gasteiger partial charge in [-0.05, 0) is 18.2 Å². The van der Waals surface area contributed by atoms with Crippen molar-refractivity contribution in [1.29, 1.82) is 0 Å². The molecule has 0 saturated carbocycles. The van der Waals surface area contributed by atoms with Crippen LogP contribution in [0, 0.1) is 0 Å². The predicted octanol–water partition coefficient (Wildman–Crippen LogP) is 1.89. The van der Waals surface area contributed by atoms with Gasteiger partial charge in [0.05, 0.1) is 5.52 Å². The van der Waals surface area contributed by atoms with Gasteiger partial charge in [-0.2, -0.15) is 0 Å². The van der Waals surface area contributed by atoms with E-state index in [1.165, 1.54) is 4.57 Å². The summed E-state index contributed by atoms with van der Waals surface area (Å²) in [6.45, 7) is 0. The molecule has 0 aliphatic heterocycles. The summed E-state index contributed by atoms with van der Waals surface area (Å²) < 4.78 is 1.44. The van der Waals surface area contributed by atoms with E-state index in [9.17, 15) is 9.59 Å². The lowest BCUT2D eigenvalue weighted by Gasteiger charge is -2.08. The van der Waals surface area contributed by atoms with Crippen LogP contribution in [0.3, 0.4) is 0 Å². The predicted molar refractivity (Wildman–Crippen MR) is 61.2 cm³/mol. The molecule has 0 aliphatic carbocycles. The molecule has 0 radical (unpaired) electrons. The number of fused-ring (bicyclic) bond motifs is 1. The fourth-order valence-electron chi connectivity index (χ4n) is 1.62. The highest BCUT2D eigenvalue weighted by Gasteiger charge is 2.11. The molecule has 0 aliphatic rings. The SMILES string of the molecule is Cn1c(C(=O)O)cc(=O)c2ccc(Cl)cc21. The molecule has 16 heavy (non-hydrogen) atoms. The van der Waals surface area contributed by atoms with Crippen molar-refractivity contribution in [2.24, 2.45) is 7.05 Å². The normalized spacial score (nSPS) is 10.6. The Labute approximate surface area is 95.7 Å². The molecule has 0 unspecified atom stereocenters. The van der Waals surface area contributed by atoms with E-state index < -0.39 is 5.97 Å². The molecule has 1 N–H and O–H groups in total. The van der Waals surface area contributed by atoms with Crippen LogP contribution in [0.25, 0.3) is 10.9 Å². The molecule has 1 aromatic carbocycles. The van der Waals surface area contributed by atoms with Crippen molar-refractivity contribution in [3.05, 3.63) is 45.2 Å². The fourth-order valence-corrected chi connectivity index (χ4v) is 1.79. The summed E-state index contributed by atoms with van der Waals surface area (Å²) in [4.78, 5) is 22.6. The molecular formula is C11H8ClNO3. The summed E-state index contributed by atoms with van der Waals surface area (Å²) >= 11 is 5.81. The number of halogens is 1. The number of hydrogen-bond acceptors (Lipinski definition) is 2. The Morgan fingerprint density at radius 1 is 1.38 bits per heavy atom. The number of carbonyl (C=O) groups is 1. The number of aromatic nitrogens is 1. The molecule has 0 amide bonds. The topological polar surface area (TPSA) is 59.3 Å². The van der Waals surface area contributed by atoms with Crippen LogP contribution in [0.15, 0.2) is 29.1 Å². The van der Waals surface area contributed by atoms with Crippen molar-refractivity contribution in [3.63, 3.8) is 0 Å². The Hall–Kier alpha value is -1.81. The molecule has 1 heterocycles. The van der Waals surface area contributed by atoms with Crippen molar-refractivity contribution in [2.75, 3.05) is 0 Å². The summed E-state index contributed by atoms with van der Waals surface area (Å²) in [5, 5.41) is 9.84. The van der Waals surface area contributed by atoms with Gasteiger partial charge in [0.2, 0.25) is 0 Å². The smallest absolute Gasteiger partial charge is 0.352 e. The lowest BCUT2D eigenvalue weighted by Crippen LogP contribution is -2.15. The first-order chi connectivity index (χ1) is 7.50. The Morgan fingerprint density at radius 2 is 2.06 bits per heavy atom. The van der Waals surface area contributed by atoms with Gasteiger partial charge in [-0.1, -0.05) is 11.6 Å². The lowest BCUT2D eigenvalue weighted by molar-refractivity contribution is 0.0686. The van der Waals surface area contributed by atoms with E-state index in [1.54, 1.807) is 25.2 Å². The third kappa shape index (κ3) is 1.57. The van der Waals surface area contributed by atoms with Crippen LogP contribution in [0.1, 0.15) is 10.5 Å². The maximum Gasteiger partial charge on any atom is 0.352 e. The highest BCUT2D eigenvalue weighted by atomic mass is 35.5. The zero-order valence-corrected chi connectivity index (χ0v) is 9.15. The van der Waals surface area contributed by atoms with Crippen LogP contribution in [0.5, 0.6) is 0 Å². The van der Waals surface area contributed by atoms with Crippen molar-refractivity contribution < 1.29 is 9.90 Å². The number of hydrogen-bond donors (Lipinski definition) is 1. The first-order valence-corrected chi connectivity index (χ1v) is 4.91. The number of benzene rings is 1. The molecular weight excluding hydrogens is 230 g/mol. The summed E-state index contributed by atoms with van der Waals surface area (Å²) in [7, 11) is 1.58. The Kier molecular flexibility index (Phi) is 2.44. The maximum atomic E-state index is 11.6. The molecule has 2 aromatic rings. The van der Waals surface area contributed by atoms with E-state index in [0.717, 1.165) is 6.07 Å². The Morgan fingerprint density at radius 3 is 2.69 bits per heavy atom. The molecule has 1 aromatic heterocycles. The third-order valence-corrected chi connectivity index (χ3v) is 2.67. The number of carboxylic acids is 1. The van der Waals surface area contributed by atoms with E-state index in [1.807, 2.05) is 0 Å². The number of rotatable bonds is 1. The van der Waals surface area contributed by atoms with Crippen LogP contribution >= 0.6 is 11.6 Å². The number of pyridine rings is 1. The van der Waals surface area contributed by atoms with Gasteiger partial charge in [-0.15, -0.1) is 0 Å². The van der Waals surface area contributed by atoms with Crippen LogP contribution in [-0.4, -0.2) is 15.6 Å². The summed E-state index contributed by atoms with van der Waals surface area (Å²) in [5.74, 6) is -1.14. The van der Waals surface area contributed by atoms with Gasteiger partial charge < -0.3 is 9.67 Å². The second-order valence-corrected chi connectivity index (χ2v) is 3.86. The molecule has 82 valence electrons. The molecule has 0 bridgehead atoms. The molecule has 5 heteroatoms. The zero-order chi connectivity index (χ0) is 11.9. The van der Waals surface area contributed by atoms with Crippen molar-refractivity contribution >= 4 is 28.5 Å². The molecule has 2 rings (SSSR count). The number of nitrogens with zero attached hydrogens (tertiary/aromatic N) is 1. The first-order valence-electron chi connectivity index (χ1n) is 4.53. The zero-order valence-electron chi connectivity index (χ0n) is 8.40. The number of aromatic carboxylic acids is 1. The van der Waals surface area contributed by atoms with E-state index in [0.29, 0.717) is 15.9 Å². The highest BCUT2D eigenvalue weighted by Crippen LogP contribution is 2.17. The molecule has 0 spiro atoms. The lowest BCUT2D eigenvalue weighted by atomic mass is 10.2. The quantitative estimate of drug-likeness (QED) is 0.824. The molecule has 0 atom stereocenters. The van der Waals surface area contributed by atoms with Gasteiger partial charge in [-0.3, -0.25) is 4.79 Å². The van der Waals surface area contributed by atoms with Gasteiger partial charge in [-0.25, -0.2) is 4.79 Å². The van der Waals surface area contributed by atoms with Gasteiger partial charge in [0.1, 0.15) is 5.69 Å². The minimum atomic E-state index is -1.14. The third-order valence-electron chi connectivity index (χ3n) is 2.43. The van der Waals surface area contributed by atoms with E-state index in [2.05, 4.69) is 0 Å². The van der Waals surface area contributed by atoms with Crippen LogP contribution in [0.4, 0.5) is 0 Å². The Balaban J connectivity index is 2.97. The average molecular weight is 238 g/mol. The van der Waals surface area contributed by atoms with Crippen LogP contribution in [-0.2, 0) is 7.05 Å². The van der Waals surface area contributed by atoms with E-state index in [4.69, 9.17) is 16.7 Å².